The second-order valence-electron chi connectivity index (χ2n) is 10.9. The Morgan fingerprint density at radius 2 is 1.72 bits per heavy atom. The molecule has 0 aliphatic carbocycles. The maximum atomic E-state index is 13.3. The first-order valence-electron chi connectivity index (χ1n) is 10.8. The lowest BCUT2D eigenvalue weighted by Crippen LogP contribution is -2.24. The standard InChI is InChI=1S/C21H38N3O6PSi/c1-20(2,3)29-31(25,30-21(4,5)6)28-15-17-14-24(16-26-12-13-32(7,8)9)19(22-17)18-10-11-27-23-18/h10-11,14H,12-13,15-16H2,1-9H3. The lowest BCUT2D eigenvalue weighted by atomic mass is 10.2. The van der Waals surface area contributed by atoms with Gasteiger partial charge in [-0.1, -0.05) is 24.8 Å². The van der Waals surface area contributed by atoms with Crippen molar-refractivity contribution in [3.05, 3.63) is 24.2 Å². The third-order valence-corrected chi connectivity index (χ3v) is 7.55. The van der Waals surface area contributed by atoms with E-state index in [0.717, 1.165) is 6.04 Å². The molecule has 2 heterocycles. The Balaban J connectivity index is 2.16. The highest BCUT2D eigenvalue weighted by Crippen LogP contribution is 2.55. The van der Waals surface area contributed by atoms with E-state index in [-0.39, 0.29) is 6.61 Å². The maximum Gasteiger partial charge on any atom is 0.476 e. The van der Waals surface area contributed by atoms with Gasteiger partial charge >= 0.3 is 7.82 Å². The molecule has 0 spiro atoms. The van der Waals surface area contributed by atoms with E-state index in [1.54, 1.807) is 53.8 Å². The molecule has 0 radical (unpaired) electrons. The van der Waals surface area contributed by atoms with Crippen LogP contribution in [0.5, 0.6) is 0 Å². The fourth-order valence-corrected chi connectivity index (χ4v) is 5.13. The third kappa shape index (κ3) is 9.68. The van der Waals surface area contributed by atoms with Crippen LogP contribution < -0.4 is 0 Å². The minimum atomic E-state index is -3.85. The molecule has 32 heavy (non-hydrogen) atoms. The molecular formula is C21H38N3O6PSi. The van der Waals surface area contributed by atoms with E-state index in [1.165, 1.54) is 6.26 Å². The first kappa shape index (κ1) is 27.0. The van der Waals surface area contributed by atoms with Gasteiger partial charge < -0.3 is 13.8 Å². The van der Waals surface area contributed by atoms with E-state index in [2.05, 4.69) is 29.8 Å². The third-order valence-electron chi connectivity index (χ3n) is 3.86. The Morgan fingerprint density at radius 1 is 1.09 bits per heavy atom. The molecule has 0 aromatic carbocycles. The zero-order valence-corrected chi connectivity index (χ0v) is 22.7. The molecule has 2 aromatic rings. The first-order chi connectivity index (χ1) is 14.6. The van der Waals surface area contributed by atoms with Crippen molar-refractivity contribution in [2.45, 2.75) is 91.8 Å². The van der Waals surface area contributed by atoms with Crippen molar-refractivity contribution < 1.29 is 27.4 Å². The average molecular weight is 488 g/mol. The molecule has 0 saturated heterocycles. The van der Waals surface area contributed by atoms with E-state index in [1.807, 2.05) is 4.57 Å². The Labute approximate surface area is 192 Å². The van der Waals surface area contributed by atoms with Crippen LogP contribution in [0.25, 0.3) is 11.5 Å². The van der Waals surface area contributed by atoms with E-state index < -0.39 is 27.1 Å². The van der Waals surface area contributed by atoms with Gasteiger partial charge in [-0.15, -0.1) is 0 Å². The lowest BCUT2D eigenvalue weighted by Gasteiger charge is -2.30. The van der Waals surface area contributed by atoms with Crippen molar-refractivity contribution in [3.8, 4) is 11.5 Å². The molecule has 11 heteroatoms. The Morgan fingerprint density at radius 3 is 2.22 bits per heavy atom. The SMILES string of the molecule is CC(C)(C)OP(=O)(OCc1cn(COCC[Si](C)(C)C)c(-c2ccon2)n1)OC(C)(C)C. The van der Waals surface area contributed by atoms with Gasteiger partial charge in [-0.2, -0.15) is 0 Å². The second kappa shape index (κ2) is 10.3. The van der Waals surface area contributed by atoms with E-state index in [9.17, 15) is 4.57 Å². The van der Waals surface area contributed by atoms with Gasteiger partial charge in [0.25, 0.3) is 0 Å². The Hall–Kier alpha value is -1.29. The van der Waals surface area contributed by atoms with Crippen LogP contribution in [0.15, 0.2) is 23.0 Å². The summed E-state index contributed by atoms with van der Waals surface area (Å²) in [6.45, 7) is 18.6. The van der Waals surface area contributed by atoms with Crippen molar-refractivity contribution in [1.29, 1.82) is 0 Å². The summed E-state index contributed by atoms with van der Waals surface area (Å²) in [5.41, 5.74) is -0.302. The van der Waals surface area contributed by atoms with Gasteiger partial charge in [-0.05, 0) is 47.6 Å². The van der Waals surface area contributed by atoms with E-state index in [0.29, 0.717) is 30.5 Å². The van der Waals surface area contributed by atoms with E-state index >= 15 is 0 Å². The summed E-state index contributed by atoms with van der Waals surface area (Å²) < 4.78 is 43.0. The normalized spacial score (nSPS) is 13.7. The summed E-state index contributed by atoms with van der Waals surface area (Å²) >= 11 is 0. The average Bonchev–Trinajstić information content (AvgIpc) is 3.22. The van der Waals surface area contributed by atoms with Gasteiger partial charge in [-0.3, -0.25) is 13.6 Å². The molecule has 2 rings (SSSR count). The van der Waals surface area contributed by atoms with Gasteiger partial charge in [0, 0.05) is 26.9 Å². The van der Waals surface area contributed by atoms with Crippen LogP contribution in [0.3, 0.4) is 0 Å². The summed E-state index contributed by atoms with van der Waals surface area (Å²) in [6.07, 6.45) is 3.27. The fraction of sp³-hybridized carbons (Fsp3) is 0.714. The zero-order chi connectivity index (χ0) is 24.2. The minimum absolute atomic E-state index is 0.0593. The number of phosphoric ester groups is 1. The van der Waals surface area contributed by atoms with Crippen LogP contribution in [0.4, 0.5) is 0 Å². The smallest absolute Gasteiger partial charge is 0.364 e. The van der Waals surface area contributed by atoms with Gasteiger partial charge in [0.1, 0.15) is 25.3 Å². The molecule has 0 fully saturated rings. The van der Waals surface area contributed by atoms with Crippen LogP contribution in [0.1, 0.15) is 47.2 Å². The number of hydrogen-bond donors (Lipinski definition) is 0. The quantitative estimate of drug-likeness (QED) is 0.213. The van der Waals surface area contributed by atoms with Gasteiger partial charge in [0.15, 0.2) is 5.82 Å². The Kier molecular flexibility index (Phi) is 8.69. The lowest BCUT2D eigenvalue weighted by molar-refractivity contribution is 0.000514. The highest BCUT2D eigenvalue weighted by atomic mass is 31.2. The van der Waals surface area contributed by atoms with Crippen LogP contribution in [0.2, 0.25) is 25.7 Å². The van der Waals surface area contributed by atoms with Gasteiger partial charge in [0.2, 0.25) is 0 Å². The van der Waals surface area contributed by atoms with Gasteiger partial charge in [-0.25, -0.2) is 9.55 Å². The molecule has 182 valence electrons. The molecular weight excluding hydrogens is 449 g/mol. The molecule has 0 amide bonds. The number of rotatable bonds is 11. The van der Waals surface area contributed by atoms with Crippen molar-refractivity contribution >= 4 is 15.9 Å². The van der Waals surface area contributed by atoms with Crippen molar-refractivity contribution in [2.75, 3.05) is 6.61 Å². The fourth-order valence-electron chi connectivity index (χ4n) is 2.60. The van der Waals surface area contributed by atoms with Crippen LogP contribution in [-0.2, 0) is 36.2 Å². The van der Waals surface area contributed by atoms with Crippen molar-refractivity contribution in [3.63, 3.8) is 0 Å². The molecule has 0 N–H and O–H groups in total. The largest absolute Gasteiger partial charge is 0.476 e. The monoisotopic (exact) mass is 487 g/mol. The summed E-state index contributed by atoms with van der Waals surface area (Å²) in [5, 5.41) is 3.98. The topological polar surface area (TPSA) is 97.8 Å². The number of ether oxygens (including phenoxy) is 1. The second-order valence-corrected chi connectivity index (χ2v) is 18.0. The van der Waals surface area contributed by atoms with Gasteiger partial charge in [0.05, 0.1) is 16.9 Å². The summed E-state index contributed by atoms with van der Waals surface area (Å²) in [6, 6.07) is 2.79. The highest BCUT2D eigenvalue weighted by molar-refractivity contribution is 7.48. The van der Waals surface area contributed by atoms with Crippen LogP contribution in [0, 0.1) is 0 Å². The summed E-state index contributed by atoms with van der Waals surface area (Å²) in [4.78, 5) is 4.59. The first-order valence-corrected chi connectivity index (χ1v) is 15.9. The molecule has 9 nitrogen and oxygen atoms in total. The molecule has 2 aromatic heterocycles. The molecule has 0 aliphatic heterocycles. The predicted octanol–water partition coefficient (Wildman–Crippen LogP) is 6.11. The van der Waals surface area contributed by atoms with Crippen LogP contribution >= 0.6 is 7.82 Å². The van der Waals surface area contributed by atoms with Crippen LogP contribution in [-0.4, -0.2) is 40.6 Å². The molecule has 0 bridgehead atoms. The van der Waals surface area contributed by atoms with E-state index in [4.69, 9.17) is 22.8 Å². The zero-order valence-electron chi connectivity index (χ0n) is 20.8. The Bertz CT molecular complexity index is 874. The molecule has 0 aliphatic rings. The number of nitrogens with zero attached hydrogens (tertiary/aromatic N) is 3. The summed E-state index contributed by atoms with van der Waals surface area (Å²) in [5.74, 6) is 0.577. The maximum absolute atomic E-state index is 13.3. The molecule has 0 atom stereocenters. The molecule has 0 saturated carbocycles. The number of imidazole rings is 1. The molecule has 0 unspecified atom stereocenters. The number of aromatic nitrogens is 3. The number of phosphoric acid groups is 1. The highest BCUT2D eigenvalue weighted by Gasteiger charge is 2.37. The van der Waals surface area contributed by atoms with Crippen molar-refractivity contribution in [2.24, 2.45) is 0 Å². The summed E-state index contributed by atoms with van der Waals surface area (Å²) in [7, 11) is -5.03. The van der Waals surface area contributed by atoms with Crippen molar-refractivity contribution in [1.82, 2.24) is 14.7 Å². The number of hydrogen-bond acceptors (Lipinski definition) is 8. The minimum Gasteiger partial charge on any atom is -0.364 e. The predicted molar refractivity (Wildman–Crippen MR) is 126 cm³/mol.